The standard InChI is InChI=1S/C9H7BrF3NO4/c10-3-1-2-4(18-9(11,12)13)6(14)5(3)7(15)8(16)17/h1-2,7,15H,14H2,(H,16,17). The monoisotopic (exact) mass is 329 g/mol. The second-order valence-corrected chi connectivity index (χ2v) is 4.02. The van der Waals surface area contributed by atoms with Gasteiger partial charge in [0.1, 0.15) is 0 Å². The molecule has 0 spiro atoms. The summed E-state index contributed by atoms with van der Waals surface area (Å²) in [6.07, 6.45) is -7.02. The van der Waals surface area contributed by atoms with Gasteiger partial charge in [-0.25, -0.2) is 4.79 Å². The fourth-order valence-corrected chi connectivity index (χ4v) is 1.77. The summed E-state index contributed by atoms with van der Waals surface area (Å²) in [6.45, 7) is 0. The van der Waals surface area contributed by atoms with Gasteiger partial charge in [0.2, 0.25) is 0 Å². The van der Waals surface area contributed by atoms with Crippen LogP contribution in [-0.4, -0.2) is 22.5 Å². The highest BCUT2D eigenvalue weighted by atomic mass is 79.9. The van der Waals surface area contributed by atoms with E-state index >= 15 is 0 Å². The molecule has 0 aliphatic heterocycles. The van der Waals surface area contributed by atoms with Gasteiger partial charge < -0.3 is 20.7 Å². The van der Waals surface area contributed by atoms with Crippen molar-refractivity contribution in [2.75, 3.05) is 5.73 Å². The molecule has 1 rings (SSSR count). The molecule has 9 heteroatoms. The maximum atomic E-state index is 12.0. The largest absolute Gasteiger partial charge is 0.573 e. The van der Waals surface area contributed by atoms with E-state index in [0.29, 0.717) is 0 Å². The van der Waals surface area contributed by atoms with Crippen molar-refractivity contribution in [1.29, 1.82) is 0 Å². The molecule has 0 amide bonds. The van der Waals surface area contributed by atoms with Crippen LogP contribution in [-0.2, 0) is 4.79 Å². The fraction of sp³-hybridized carbons (Fsp3) is 0.222. The van der Waals surface area contributed by atoms with E-state index in [1.54, 1.807) is 0 Å². The molecule has 1 unspecified atom stereocenters. The number of ether oxygens (including phenoxy) is 1. The first-order valence-electron chi connectivity index (χ1n) is 4.38. The summed E-state index contributed by atoms with van der Waals surface area (Å²) in [6, 6.07) is 2.00. The molecular weight excluding hydrogens is 323 g/mol. The third-order valence-electron chi connectivity index (χ3n) is 1.93. The van der Waals surface area contributed by atoms with E-state index in [4.69, 9.17) is 10.8 Å². The van der Waals surface area contributed by atoms with Crippen LogP contribution in [0.3, 0.4) is 0 Å². The summed E-state index contributed by atoms with van der Waals surface area (Å²) in [4.78, 5) is 10.6. The van der Waals surface area contributed by atoms with E-state index < -0.39 is 35.4 Å². The molecule has 0 saturated heterocycles. The first kappa shape index (κ1) is 14.6. The van der Waals surface area contributed by atoms with Crippen LogP contribution in [0.5, 0.6) is 5.75 Å². The maximum Gasteiger partial charge on any atom is 0.573 e. The van der Waals surface area contributed by atoms with Crippen LogP contribution in [0, 0.1) is 0 Å². The highest BCUT2D eigenvalue weighted by molar-refractivity contribution is 9.10. The average molecular weight is 330 g/mol. The number of halogens is 4. The number of nitrogen functional groups attached to an aromatic ring is 1. The Labute approximate surface area is 107 Å². The number of carboxylic acids is 1. The molecule has 5 nitrogen and oxygen atoms in total. The summed E-state index contributed by atoms with van der Waals surface area (Å²) in [5, 5.41) is 18.0. The Morgan fingerprint density at radius 3 is 2.44 bits per heavy atom. The normalized spacial score (nSPS) is 13.2. The lowest BCUT2D eigenvalue weighted by Gasteiger charge is -2.16. The molecule has 0 aromatic heterocycles. The number of aliphatic hydroxyl groups excluding tert-OH is 1. The number of benzene rings is 1. The summed E-state index contributed by atoms with van der Waals surface area (Å²) < 4.78 is 39.8. The van der Waals surface area contributed by atoms with Crippen molar-refractivity contribution in [3.63, 3.8) is 0 Å². The van der Waals surface area contributed by atoms with Gasteiger partial charge in [0.25, 0.3) is 0 Å². The number of hydrogen-bond donors (Lipinski definition) is 3. The van der Waals surface area contributed by atoms with Gasteiger partial charge in [0.05, 0.1) is 5.69 Å². The van der Waals surface area contributed by atoms with E-state index in [2.05, 4.69) is 20.7 Å². The maximum absolute atomic E-state index is 12.0. The summed E-state index contributed by atoms with van der Waals surface area (Å²) in [7, 11) is 0. The van der Waals surface area contributed by atoms with Crippen molar-refractivity contribution in [2.45, 2.75) is 12.5 Å². The Morgan fingerprint density at radius 1 is 1.44 bits per heavy atom. The molecule has 1 aromatic rings. The summed E-state index contributed by atoms with van der Waals surface area (Å²) in [5.74, 6) is -2.42. The molecule has 0 bridgehead atoms. The minimum absolute atomic E-state index is 0.0597. The molecule has 0 fully saturated rings. The molecule has 0 saturated carbocycles. The number of aliphatic hydroxyl groups is 1. The fourth-order valence-electron chi connectivity index (χ4n) is 1.20. The molecule has 0 radical (unpaired) electrons. The Hall–Kier alpha value is -1.48. The van der Waals surface area contributed by atoms with Crippen LogP contribution in [0.4, 0.5) is 18.9 Å². The lowest BCUT2D eigenvalue weighted by molar-refractivity contribution is -0.274. The van der Waals surface area contributed by atoms with Gasteiger partial charge >= 0.3 is 12.3 Å². The number of rotatable bonds is 3. The Kier molecular flexibility index (Phi) is 4.07. The number of carboxylic acid groups (broad SMARTS) is 1. The van der Waals surface area contributed by atoms with Gasteiger partial charge in [-0.15, -0.1) is 13.2 Å². The smallest absolute Gasteiger partial charge is 0.479 e. The number of carbonyl (C=O) groups is 1. The second-order valence-electron chi connectivity index (χ2n) is 3.16. The molecule has 1 aromatic carbocycles. The molecule has 100 valence electrons. The molecule has 18 heavy (non-hydrogen) atoms. The van der Waals surface area contributed by atoms with Crippen molar-refractivity contribution in [3.05, 3.63) is 22.2 Å². The Morgan fingerprint density at radius 2 is 2.00 bits per heavy atom. The number of alkyl halides is 3. The second kappa shape index (κ2) is 5.02. The minimum atomic E-state index is -4.96. The first-order valence-corrected chi connectivity index (χ1v) is 5.17. The Bertz CT molecular complexity index is 478. The van der Waals surface area contributed by atoms with Crippen molar-refractivity contribution in [2.24, 2.45) is 0 Å². The van der Waals surface area contributed by atoms with E-state index in [0.717, 1.165) is 12.1 Å². The van der Waals surface area contributed by atoms with Crippen molar-refractivity contribution in [3.8, 4) is 5.75 Å². The zero-order chi connectivity index (χ0) is 14.1. The molecule has 0 aliphatic carbocycles. The van der Waals surface area contributed by atoms with E-state index in [1.807, 2.05) is 0 Å². The van der Waals surface area contributed by atoms with E-state index in [-0.39, 0.29) is 4.47 Å². The number of nitrogens with two attached hydrogens (primary N) is 1. The predicted octanol–water partition coefficient (Wildman–Crippen LogP) is 2.05. The molecular formula is C9H7BrF3NO4. The first-order chi connectivity index (χ1) is 8.13. The van der Waals surface area contributed by atoms with Crippen LogP contribution < -0.4 is 10.5 Å². The predicted molar refractivity (Wildman–Crippen MR) is 57.8 cm³/mol. The van der Waals surface area contributed by atoms with Gasteiger partial charge in [-0.05, 0) is 12.1 Å². The molecule has 1 atom stereocenters. The highest BCUT2D eigenvalue weighted by Crippen LogP contribution is 2.38. The number of hydrogen-bond acceptors (Lipinski definition) is 4. The highest BCUT2D eigenvalue weighted by Gasteiger charge is 2.33. The number of aliphatic carboxylic acids is 1. The van der Waals surface area contributed by atoms with Crippen LogP contribution in [0.1, 0.15) is 11.7 Å². The summed E-state index contributed by atoms with van der Waals surface area (Å²) >= 11 is 2.89. The zero-order valence-electron chi connectivity index (χ0n) is 8.53. The molecule has 0 heterocycles. The average Bonchev–Trinajstić information content (AvgIpc) is 2.20. The minimum Gasteiger partial charge on any atom is -0.479 e. The van der Waals surface area contributed by atoms with Gasteiger partial charge in [0, 0.05) is 10.0 Å². The van der Waals surface area contributed by atoms with Gasteiger partial charge in [0.15, 0.2) is 11.9 Å². The molecule has 4 N–H and O–H groups in total. The van der Waals surface area contributed by atoms with Gasteiger partial charge in [-0.3, -0.25) is 0 Å². The van der Waals surface area contributed by atoms with Crippen LogP contribution in [0.2, 0.25) is 0 Å². The third-order valence-corrected chi connectivity index (χ3v) is 2.62. The van der Waals surface area contributed by atoms with Gasteiger partial charge in [-0.1, -0.05) is 15.9 Å². The zero-order valence-corrected chi connectivity index (χ0v) is 10.1. The lowest BCUT2D eigenvalue weighted by Crippen LogP contribution is -2.20. The van der Waals surface area contributed by atoms with Crippen molar-refractivity contribution >= 4 is 27.6 Å². The van der Waals surface area contributed by atoms with Crippen LogP contribution in [0.25, 0.3) is 0 Å². The quantitative estimate of drug-likeness (QED) is 0.738. The van der Waals surface area contributed by atoms with Crippen LogP contribution >= 0.6 is 15.9 Å². The Balaban J connectivity index is 3.27. The summed E-state index contributed by atoms with van der Waals surface area (Å²) in [5.41, 5.74) is 4.35. The topological polar surface area (TPSA) is 92.8 Å². The SMILES string of the molecule is Nc1c(OC(F)(F)F)ccc(Br)c1C(O)C(=O)O. The van der Waals surface area contributed by atoms with E-state index in [9.17, 15) is 23.1 Å². The molecule has 0 aliphatic rings. The van der Waals surface area contributed by atoms with Crippen LogP contribution in [0.15, 0.2) is 16.6 Å². The van der Waals surface area contributed by atoms with E-state index in [1.165, 1.54) is 0 Å². The lowest BCUT2D eigenvalue weighted by atomic mass is 10.1. The van der Waals surface area contributed by atoms with Crippen molar-refractivity contribution in [1.82, 2.24) is 0 Å². The van der Waals surface area contributed by atoms with Crippen molar-refractivity contribution < 1.29 is 32.9 Å². The van der Waals surface area contributed by atoms with Gasteiger partial charge in [-0.2, -0.15) is 0 Å². The third kappa shape index (κ3) is 3.26. The number of anilines is 1.